The average molecular weight is 444 g/mol. The highest BCUT2D eigenvalue weighted by molar-refractivity contribution is 6.29. The number of carbonyl (C=O) groups is 2. The summed E-state index contributed by atoms with van der Waals surface area (Å²) in [6.07, 6.45) is 12.8. The Bertz CT molecular complexity index is 837. The molecule has 8 heteroatoms. The molecule has 3 fully saturated rings. The van der Waals surface area contributed by atoms with E-state index in [2.05, 4.69) is 31.9 Å². The minimum atomic E-state index is -0.0901. The third kappa shape index (κ3) is 4.10. The Morgan fingerprint density at radius 2 is 1.55 bits per heavy atom. The van der Waals surface area contributed by atoms with Crippen molar-refractivity contribution in [2.45, 2.75) is 32.1 Å². The number of rotatable bonds is 6. The SMILES string of the molecule is O=C1C2C3C=CC(CCC3)C2C(=O)N1CCCCN1CCN(c2cncc(Cl)n2)CC1. The number of nitrogens with zero attached hydrogens (tertiary/aromatic N) is 5. The van der Waals surface area contributed by atoms with E-state index in [1.807, 2.05) is 0 Å². The van der Waals surface area contributed by atoms with Gasteiger partial charge in [0.2, 0.25) is 11.8 Å². The number of halogens is 1. The van der Waals surface area contributed by atoms with E-state index in [1.165, 1.54) is 0 Å². The molecule has 4 atom stereocenters. The van der Waals surface area contributed by atoms with E-state index in [0.29, 0.717) is 11.7 Å². The maximum absolute atomic E-state index is 13.0. The van der Waals surface area contributed by atoms with E-state index in [0.717, 1.165) is 70.6 Å². The lowest BCUT2D eigenvalue weighted by molar-refractivity contribution is -0.140. The van der Waals surface area contributed by atoms with Crippen molar-refractivity contribution in [3.05, 3.63) is 29.7 Å². The van der Waals surface area contributed by atoms with Crippen molar-refractivity contribution in [1.82, 2.24) is 19.8 Å². The molecule has 0 N–H and O–H groups in total. The first-order valence-electron chi connectivity index (χ1n) is 11.6. The quantitative estimate of drug-likeness (QED) is 0.382. The number of allylic oxidation sites excluding steroid dienone is 2. The number of anilines is 1. The van der Waals surface area contributed by atoms with E-state index >= 15 is 0 Å². The second kappa shape index (κ2) is 8.87. The zero-order valence-corrected chi connectivity index (χ0v) is 18.6. The van der Waals surface area contributed by atoms with Gasteiger partial charge in [-0.25, -0.2) is 4.98 Å². The van der Waals surface area contributed by atoms with Crippen LogP contribution in [0.3, 0.4) is 0 Å². The molecular weight excluding hydrogens is 414 g/mol. The van der Waals surface area contributed by atoms with Gasteiger partial charge in [0.15, 0.2) is 0 Å². The first kappa shape index (κ1) is 20.9. The summed E-state index contributed by atoms with van der Waals surface area (Å²) < 4.78 is 0. The molecule has 4 unspecified atom stereocenters. The fraction of sp³-hybridized carbons (Fsp3) is 0.652. The number of unbranched alkanes of at least 4 members (excludes halogenated alkanes) is 1. The molecule has 3 aliphatic carbocycles. The average Bonchev–Trinajstić information content (AvgIpc) is 2.98. The molecule has 7 nitrogen and oxygen atoms in total. The monoisotopic (exact) mass is 443 g/mol. The van der Waals surface area contributed by atoms with Crippen LogP contribution in [0.25, 0.3) is 0 Å². The van der Waals surface area contributed by atoms with Gasteiger partial charge in [0.25, 0.3) is 0 Å². The Kier molecular flexibility index (Phi) is 5.97. The van der Waals surface area contributed by atoms with Crippen molar-refractivity contribution in [2.24, 2.45) is 23.7 Å². The first-order chi connectivity index (χ1) is 15.1. The van der Waals surface area contributed by atoms with Crippen LogP contribution in [-0.2, 0) is 9.59 Å². The Morgan fingerprint density at radius 1 is 0.903 bits per heavy atom. The number of imide groups is 1. The summed E-state index contributed by atoms with van der Waals surface area (Å²) in [6, 6.07) is 0. The Hall–Kier alpha value is -1.99. The zero-order chi connectivity index (χ0) is 21.4. The summed E-state index contributed by atoms with van der Waals surface area (Å²) in [5, 5.41) is 0.421. The normalized spacial score (nSPS) is 30.7. The van der Waals surface area contributed by atoms with E-state index in [1.54, 1.807) is 17.3 Å². The highest BCUT2D eigenvalue weighted by Gasteiger charge is 2.54. The van der Waals surface area contributed by atoms with Crippen molar-refractivity contribution in [2.75, 3.05) is 44.2 Å². The predicted octanol–water partition coefficient (Wildman–Crippen LogP) is 2.62. The second-order valence-corrected chi connectivity index (χ2v) is 9.65. The molecule has 166 valence electrons. The zero-order valence-electron chi connectivity index (χ0n) is 17.8. The number of aromatic nitrogens is 2. The highest BCUT2D eigenvalue weighted by atomic mass is 35.5. The summed E-state index contributed by atoms with van der Waals surface area (Å²) in [4.78, 5) is 40.7. The van der Waals surface area contributed by atoms with Crippen LogP contribution < -0.4 is 4.90 Å². The van der Waals surface area contributed by atoms with Crippen LogP contribution in [0.5, 0.6) is 0 Å². The first-order valence-corrected chi connectivity index (χ1v) is 12.0. The predicted molar refractivity (Wildman–Crippen MR) is 119 cm³/mol. The van der Waals surface area contributed by atoms with Gasteiger partial charge < -0.3 is 4.90 Å². The number of hydrogen-bond donors (Lipinski definition) is 0. The van der Waals surface area contributed by atoms with Crippen LogP contribution in [0, 0.1) is 23.7 Å². The number of hydrogen-bond acceptors (Lipinski definition) is 6. The Balaban J connectivity index is 1.07. The summed E-state index contributed by atoms with van der Waals surface area (Å²) >= 11 is 5.95. The molecule has 0 aromatic carbocycles. The van der Waals surface area contributed by atoms with Gasteiger partial charge in [-0.1, -0.05) is 30.2 Å². The lowest BCUT2D eigenvalue weighted by Crippen LogP contribution is -2.47. The van der Waals surface area contributed by atoms with Gasteiger partial charge in [0.05, 0.1) is 24.2 Å². The minimum absolute atomic E-state index is 0.0901. The molecule has 3 heterocycles. The second-order valence-electron chi connectivity index (χ2n) is 9.26. The standard InChI is InChI=1S/C23H30ClN5O2/c24-18-14-25-15-19(26-18)28-12-10-27(11-13-28)8-1-2-9-29-22(30)20-16-4-3-5-17(7-6-16)21(20)23(29)31/h6-7,14-17,20-21H,1-5,8-13H2. The van der Waals surface area contributed by atoms with Crippen molar-refractivity contribution >= 4 is 29.2 Å². The number of amides is 2. The van der Waals surface area contributed by atoms with Gasteiger partial charge in [0.1, 0.15) is 11.0 Å². The maximum Gasteiger partial charge on any atom is 0.233 e. The van der Waals surface area contributed by atoms with E-state index in [4.69, 9.17) is 11.6 Å². The fourth-order valence-electron chi connectivity index (χ4n) is 5.85. The fourth-order valence-corrected chi connectivity index (χ4v) is 5.99. The van der Waals surface area contributed by atoms with Crippen LogP contribution in [0.15, 0.2) is 24.5 Å². The number of carbonyl (C=O) groups excluding carboxylic acids is 2. The molecular formula is C23H30ClN5O2. The third-order valence-corrected chi connectivity index (χ3v) is 7.67. The number of fused-ring (bicyclic) bond motifs is 2. The molecule has 2 saturated heterocycles. The van der Waals surface area contributed by atoms with Crippen molar-refractivity contribution in [3.63, 3.8) is 0 Å². The molecule has 2 amide bonds. The third-order valence-electron chi connectivity index (χ3n) is 7.49. The van der Waals surface area contributed by atoms with Gasteiger partial charge in [-0.3, -0.25) is 24.4 Å². The van der Waals surface area contributed by atoms with Gasteiger partial charge >= 0.3 is 0 Å². The lowest BCUT2D eigenvalue weighted by Gasteiger charge is -2.35. The highest BCUT2D eigenvalue weighted by Crippen LogP contribution is 2.47. The van der Waals surface area contributed by atoms with Crippen LogP contribution in [-0.4, -0.2) is 70.9 Å². The minimum Gasteiger partial charge on any atom is -0.353 e. The molecule has 31 heavy (non-hydrogen) atoms. The van der Waals surface area contributed by atoms with Crippen LogP contribution >= 0.6 is 11.6 Å². The Morgan fingerprint density at radius 3 is 2.19 bits per heavy atom. The Labute approximate surface area is 188 Å². The summed E-state index contributed by atoms with van der Waals surface area (Å²) in [5.74, 6) is 1.37. The van der Waals surface area contributed by atoms with Crippen LogP contribution in [0.4, 0.5) is 5.82 Å². The summed E-state index contributed by atoms with van der Waals surface area (Å²) in [6.45, 7) is 5.30. The molecule has 0 radical (unpaired) electrons. The van der Waals surface area contributed by atoms with Crippen molar-refractivity contribution in [1.29, 1.82) is 0 Å². The van der Waals surface area contributed by atoms with Gasteiger partial charge in [-0.05, 0) is 44.1 Å². The van der Waals surface area contributed by atoms with Gasteiger partial charge in [-0.2, -0.15) is 0 Å². The van der Waals surface area contributed by atoms with Crippen LogP contribution in [0.2, 0.25) is 5.15 Å². The molecule has 2 aliphatic heterocycles. The van der Waals surface area contributed by atoms with Gasteiger partial charge in [0, 0.05) is 32.7 Å². The summed E-state index contributed by atoms with van der Waals surface area (Å²) in [5.41, 5.74) is 0. The van der Waals surface area contributed by atoms with E-state index < -0.39 is 0 Å². The molecule has 5 aliphatic rings. The molecule has 1 saturated carbocycles. The molecule has 6 rings (SSSR count). The van der Waals surface area contributed by atoms with Gasteiger partial charge in [-0.15, -0.1) is 0 Å². The maximum atomic E-state index is 13.0. The molecule has 0 spiro atoms. The van der Waals surface area contributed by atoms with Crippen molar-refractivity contribution < 1.29 is 9.59 Å². The molecule has 2 bridgehead atoms. The molecule has 1 aromatic rings. The number of piperazine rings is 1. The van der Waals surface area contributed by atoms with E-state index in [9.17, 15) is 9.59 Å². The van der Waals surface area contributed by atoms with E-state index in [-0.39, 0.29) is 35.5 Å². The largest absolute Gasteiger partial charge is 0.353 e. The number of likely N-dealkylation sites (tertiary alicyclic amines) is 1. The van der Waals surface area contributed by atoms with Crippen molar-refractivity contribution in [3.8, 4) is 0 Å². The molecule has 1 aromatic heterocycles. The lowest BCUT2D eigenvalue weighted by atomic mass is 9.73. The van der Waals surface area contributed by atoms with Crippen LogP contribution in [0.1, 0.15) is 32.1 Å². The summed E-state index contributed by atoms with van der Waals surface area (Å²) in [7, 11) is 0. The smallest absolute Gasteiger partial charge is 0.233 e. The topological polar surface area (TPSA) is 69.6 Å².